The molecule has 100 valence electrons. The van der Waals surface area contributed by atoms with Crippen molar-refractivity contribution in [2.24, 2.45) is 5.73 Å². The third kappa shape index (κ3) is 3.77. The molecule has 1 amide bonds. The van der Waals surface area contributed by atoms with Crippen molar-refractivity contribution in [2.45, 2.75) is 12.5 Å². The van der Waals surface area contributed by atoms with Gasteiger partial charge in [-0.15, -0.1) is 12.4 Å². The van der Waals surface area contributed by atoms with E-state index in [9.17, 15) is 4.79 Å². The number of hydrogen-bond acceptors (Lipinski definition) is 3. The fraction of sp³-hybridized carbons (Fsp3) is 0.417. The zero-order valence-corrected chi connectivity index (χ0v) is 11.4. The van der Waals surface area contributed by atoms with Crippen LogP contribution in [0, 0.1) is 0 Å². The van der Waals surface area contributed by atoms with E-state index in [2.05, 4.69) is 0 Å². The maximum absolute atomic E-state index is 11.8. The Bertz CT molecular complexity index is 415. The van der Waals surface area contributed by atoms with E-state index in [0.29, 0.717) is 23.9 Å². The lowest BCUT2D eigenvalue weighted by Gasteiger charge is -2.16. The van der Waals surface area contributed by atoms with Crippen LogP contribution in [-0.2, 0) is 4.79 Å². The van der Waals surface area contributed by atoms with E-state index in [0.717, 1.165) is 6.42 Å². The Morgan fingerprint density at radius 3 is 2.83 bits per heavy atom. The van der Waals surface area contributed by atoms with E-state index in [4.69, 9.17) is 22.1 Å². The molecule has 0 bridgehead atoms. The maximum Gasteiger partial charge on any atom is 0.260 e. The van der Waals surface area contributed by atoms with Gasteiger partial charge in [-0.25, -0.2) is 0 Å². The number of ether oxygens (including phenoxy) is 1. The lowest BCUT2D eigenvalue weighted by molar-refractivity contribution is -0.132. The monoisotopic (exact) mass is 290 g/mol. The van der Waals surface area contributed by atoms with E-state index in [1.807, 2.05) is 12.1 Å². The van der Waals surface area contributed by atoms with Crippen LogP contribution in [0.1, 0.15) is 6.42 Å². The number of nitrogens with two attached hydrogens (primary N) is 1. The van der Waals surface area contributed by atoms with Crippen molar-refractivity contribution in [3.8, 4) is 5.75 Å². The lowest BCUT2D eigenvalue weighted by atomic mass is 10.3. The number of hydrogen-bond donors (Lipinski definition) is 1. The van der Waals surface area contributed by atoms with Crippen molar-refractivity contribution in [1.29, 1.82) is 0 Å². The van der Waals surface area contributed by atoms with Gasteiger partial charge >= 0.3 is 0 Å². The number of likely N-dealkylation sites (tertiary alicyclic amines) is 1. The molecule has 1 aromatic carbocycles. The summed E-state index contributed by atoms with van der Waals surface area (Å²) in [6, 6.07) is 7.20. The summed E-state index contributed by atoms with van der Waals surface area (Å²) in [4.78, 5) is 13.5. The molecule has 1 saturated heterocycles. The fourth-order valence-electron chi connectivity index (χ4n) is 1.81. The topological polar surface area (TPSA) is 55.6 Å². The van der Waals surface area contributed by atoms with Crippen LogP contribution >= 0.6 is 24.0 Å². The first-order chi connectivity index (χ1) is 8.16. The third-order valence-corrected chi connectivity index (χ3v) is 3.08. The molecule has 1 aliphatic heterocycles. The molecule has 2 N–H and O–H groups in total. The van der Waals surface area contributed by atoms with Gasteiger partial charge in [-0.1, -0.05) is 23.7 Å². The second-order valence-corrected chi connectivity index (χ2v) is 4.51. The van der Waals surface area contributed by atoms with E-state index in [-0.39, 0.29) is 31.0 Å². The van der Waals surface area contributed by atoms with Gasteiger partial charge in [-0.3, -0.25) is 4.79 Å². The van der Waals surface area contributed by atoms with Crippen molar-refractivity contribution in [2.75, 3.05) is 19.7 Å². The molecule has 0 spiro atoms. The summed E-state index contributed by atoms with van der Waals surface area (Å²) in [5.41, 5.74) is 5.74. The molecule has 2 rings (SSSR count). The van der Waals surface area contributed by atoms with Gasteiger partial charge < -0.3 is 15.4 Å². The minimum Gasteiger partial charge on any atom is -0.482 e. The second kappa shape index (κ2) is 6.83. The molecule has 18 heavy (non-hydrogen) atoms. The Hall–Kier alpha value is -0.970. The van der Waals surface area contributed by atoms with Crippen molar-refractivity contribution >= 4 is 29.9 Å². The lowest BCUT2D eigenvalue weighted by Crippen LogP contribution is -2.35. The first-order valence-corrected chi connectivity index (χ1v) is 5.95. The largest absolute Gasteiger partial charge is 0.482 e. The number of carbonyl (C=O) groups excluding carboxylic acids is 1. The van der Waals surface area contributed by atoms with Crippen LogP contribution in [-0.4, -0.2) is 36.5 Å². The molecule has 0 aliphatic carbocycles. The summed E-state index contributed by atoms with van der Waals surface area (Å²) >= 11 is 5.92. The molecule has 0 unspecified atom stereocenters. The molecule has 1 heterocycles. The van der Waals surface area contributed by atoms with Crippen LogP contribution in [0.5, 0.6) is 5.75 Å². The average molecular weight is 291 g/mol. The molecular formula is C12H16Cl2N2O2. The van der Waals surface area contributed by atoms with Crippen LogP contribution in [0.25, 0.3) is 0 Å². The van der Waals surface area contributed by atoms with Gasteiger partial charge in [-0.2, -0.15) is 0 Å². The van der Waals surface area contributed by atoms with Crippen LogP contribution < -0.4 is 10.5 Å². The summed E-state index contributed by atoms with van der Waals surface area (Å²) in [7, 11) is 0. The minimum absolute atomic E-state index is 0. The Morgan fingerprint density at radius 2 is 2.22 bits per heavy atom. The Labute approximate surface area is 117 Å². The summed E-state index contributed by atoms with van der Waals surface area (Å²) in [5.74, 6) is 0.490. The summed E-state index contributed by atoms with van der Waals surface area (Å²) in [6.45, 7) is 1.34. The highest BCUT2D eigenvalue weighted by Gasteiger charge is 2.23. The Balaban J connectivity index is 0.00000162. The maximum atomic E-state index is 11.8. The van der Waals surface area contributed by atoms with Crippen LogP contribution in [0.15, 0.2) is 24.3 Å². The van der Waals surface area contributed by atoms with Gasteiger partial charge in [-0.05, 0) is 18.6 Å². The van der Waals surface area contributed by atoms with Gasteiger partial charge in [0.05, 0.1) is 5.02 Å². The van der Waals surface area contributed by atoms with E-state index < -0.39 is 0 Å². The number of para-hydroxylation sites is 1. The van der Waals surface area contributed by atoms with Crippen LogP contribution in [0.2, 0.25) is 5.02 Å². The second-order valence-electron chi connectivity index (χ2n) is 4.11. The van der Waals surface area contributed by atoms with Crippen molar-refractivity contribution in [3.05, 3.63) is 29.3 Å². The summed E-state index contributed by atoms with van der Waals surface area (Å²) < 4.78 is 5.38. The quantitative estimate of drug-likeness (QED) is 0.922. The molecule has 1 atom stereocenters. The number of halogens is 2. The fourth-order valence-corrected chi connectivity index (χ4v) is 2.00. The molecule has 1 aliphatic rings. The highest BCUT2D eigenvalue weighted by atomic mass is 35.5. The minimum atomic E-state index is -0.0436. The third-order valence-electron chi connectivity index (χ3n) is 2.77. The standard InChI is InChI=1S/C12H15ClN2O2.ClH/c13-10-3-1-2-4-11(10)17-8-12(16)15-6-5-9(14)7-15;/h1-4,9H,5-8,14H2;1H/t9-;/m1./s1. The van der Waals surface area contributed by atoms with Gasteiger partial charge in [0, 0.05) is 19.1 Å². The van der Waals surface area contributed by atoms with E-state index >= 15 is 0 Å². The number of benzene rings is 1. The molecule has 0 radical (unpaired) electrons. The van der Waals surface area contributed by atoms with Gasteiger partial charge in [0.15, 0.2) is 6.61 Å². The highest BCUT2D eigenvalue weighted by Crippen LogP contribution is 2.23. The van der Waals surface area contributed by atoms with Gasteiger partial charge in [0.1, 0.15) is 5.75 Å². The first kappa shape index (κ1) is 15.1. The Morgan fingerprint density at radius 1 is 1.50 bits per heavy atom. The smallest absolute Gasteiger partial charge is 0.260 e. The normalized spacial score (nSPS) is 18.3. The van der Waals surface area contributed by atoms with E-state index in [1.165, 1.54) is 0 Å². The molecule has 0 saturated carbocycles. The highest BCUT2D eigenvalue weighted by molar-refractivity contribution is 6.32. The van der Waals surface area contributed by atoms with Crippen molar-refractivity contribution in [1.82, 2.24) is 4.90 Å². The Kier molecular flexibility index (Phi) is 5.72. The molecule has 0 aromatic heterocycles. The van der Waals surface area contributed by atoms with E-state index in [1.54, 1.807) is 17.0 Å². The molecule has 6 heteroatoms. The predicted molar refractivity (Wildman–Crippen MR) is 73.4 cm³/mol. The number of nitrogens with zero attached hydrogens (tertiary/aromatic N) is 1. The first-order valence-electron chi connectivity index (χ1n) is 5.57. The number of rotatable bonds is 3. The zero-order chi connectivity index (χ0) is 12.3. The van der Waals surface area contributed by atoms with Crippen molar-refractivity contribution in [3.63, 3.8) is 0 Å². The average Bonchev–Trinajstić information content (AvgIpc) is 2.74. The predicted octanol–water partition coefficient (Wildman–Crippen LogP) is 1.70. The zero-order valence-electron chi connectivity index (χ0n) is 9.84. The molecule has 1 fully saturated rings. The summed E-state index contributed by atoms with van der Waals surface area (Å²) in [5, 5.41) is 0.512. The summed E-state index contributed by atoms with van der Waals surface area (Å²) in [6.07, 6.45) is 0.859. The molecular weight excluding hydrogens is 275 g/mol. The van der Waals surface area contributed by atoms with Crippen LogP contribution in [0.3, 0.4) is 0 Å². The van der Waals surface area contributed by atoms with Crippen molar-refractivity contribution < 1.29 is 9.53 Å². The SMILES string of the molecule is Cl.N[C@@H]1CCN(C(=O)COc2ccccc2Cl)C1. The molecule has 4 nitrogen and oxygen atoms in total. The van der Waals surface area contributed by atoms with Crippen LogP contribution in [0.4, 0.5) is 0 Å². The van der Waals surface area contributed by atoms with Gasteiger partial charge in [0.25, 0.3) is 5.91 Å². The van der Waals surface area contributed by atoms with Gasteiger partial charge in [0.2, 0.25) is 0 Å². The number of carbonyl (C=O) groups is 1. The molecule has 1 aromatic rings. The number of amides is 1.